The van der Waals surface area contributed by atoms with E-state index >= 15 is 0 Å². The highest BCUT2D eigenvalue weighted by molar-refractivity contribution is 6.34. The Morgan fingerprint density at radius 2 is 1.92 bits per heavy atom. The Kier molecular flexibility index (Phi) is 2.02. The van der Waals surface area contributed by atoms with Crippen LogP contribution in [0.25, 0.3) is 0 Å². The van der Waals surface area contributed by atoms with Gasteiger partial charge in [0.25, 0.3) is 0 Å². The SMILES string of the molecule is OC1(c2cc(Cl)cc(Cl)c2F)CC1. The molecule has 0 aliphatic heterocycles. The molecule has 1 nitrogen and oxygen atoms in total. The van der Waals surface area contributed by atoms with E-state index in [2.05, 4.69) is 0 Å². The van der Waals surface area contributed by atoms with Gasteiger partial charge < -0.3 is 5.11 Å². The van der Waals surface area contributed by atoms with E-state index in [0.29, 0.717) is 17.9 Å². The first-order chi connectivity index (χ1) is 6.03. The molecule has 1 N–H and O–H groups in total. The fourth-order valence-electron chi connectivity index (χ4n) is 1.28. The van der Waals surface area contributed by atoms with Gasteiger partial charge in [0, 0.05) is 10.6 Å². The van der Waals surface area contributed by atoms with Gasteiger partial charge in [0.1, 0.15) is 5.82 Å². The van der Waals surface area contributed by atoms with E-state index in [-0.39, 0.29) is 10.6 Å². The van der Waals surface area contributed by atoms with Crippen LogP contribution in [-0.4, -0.2) is 5.11 Å². The largest absolute Gasteiger partial charge is 0.385 e. The molecule has 0 atom stereocenters. The Morgan fingerprint density at radius 1 is 1.31 bits per heavy atom. The second-order valence-electron chi connectivity index (χ2n) is 3.28. The molecule has 0 radical (unpaired) electrons. The topological polar surface area (TPSA) is 20.2 Å². The van der Waals surface area contributed by atoms with Crippen LogP contribution in [0.4, 0.5) is 4.39 Å². The lowest BCUT2D eigenvalue weighted by Crippen LogP contribution is -2.07. The normalized spacial score (nSPS) is 18.8. The van der Waals surface area contributed by atoms with Gasteiger partial charge in [-0.3, -0.25) is 0 Å². The van der Waals surface area contributed by atoms with E-state index in [9.17, 15) is 9.50 Å². The zero-order valence-corrected chi connectivity index (χ0v) is 8.16. The van der Waals surface area contributed by atoms with Crippen molar-refractivity contribution in [2.24, 2.45) is 0 Å². The molecule has 1 aromatic carbocycles. The third-order valence-electron chi connectivity index (χ3n) is 2.22. The predicted molar refractivity (Wildman–Crippen MR) is 49.6 cm³/mol. The number of aliphatic hydroxyl groups is 1. The molecule has 0 unspecified atom stereocenters. The molecule has 1 fully saturated rings. The molecule has 1 saturated carbocycles. The van der Waals surface area contributed by atoms with Crippen LogP contribution in [0.1, 0.15) is 18.4 Å². The van der Waals surface area contributed by atoms with Crippen molar-refractivity contribution in [2.45, 2.75) is 18.4 Å². The number of rotatable bonds is 1. The number of benzene rings is 1. The van der Waals surface area contributed by atoms with Gasteiger partial charge in [-0.25, -0.2) is 4.39 Å². The molecule has 1 aromatic rings. The van der Waals surface area contributed by atoms with Crippen LogP contribution in [0.5, 0.6) is 0 Å². The highest BCUT2D eigenvalue weighted by atomic mass is 35.5. The predicted octanol–water partition coefficient (Wildman–Crippen LogP) is 3.11. The van der Waals surface area contributed by atoms with E-state index in [1.165, 1.54) is 12.1 Å². The van der Waals surface area contributed by atoms with E-state index in [0.717, 1.165) is 0 Å². The van der Waals surface area contributed by atoms with Gasteiger partial charge in [-0.2, -0.15) is 0 Å². The van der Waals surface area contributed by atoms with Crippen molar-refractivity contribution in [1.29, 1.82) is 0 Å². The molecule has 4 heteroatoms. The van der Waals surface area contributed by atoms with Crippen molar-refractivity contribution >= 4 is 23.2 Å². The summed E-state index contributed by atoms with van der Waals surface area (Å²) in [5.41, 5.74) is -0.816. The summed E-state index contributed by atoms with van der Waals surface area (Å²) in [6.07, 6.45) is 1.14. The Labute approximate surface area is 85.1 Å². The summed E-state index contributed by atoms with van der Waals surface area (Å²) < 4.78 is 13.4. The molecule has 1 aliphatic carbocycles. The summed E-state index contributed by atoms with van der Waals surface area (Å²) in [7, 11) is 0. The molecule has 2 rings (SSSR count). The summed E-state index contributed by atoms with van der Waals surface area (Å²) >= 11 is 11.3. The number of halogens is 3. The Bertz CT molecular complexity index is 361. The van der Waals surface area contributed by atoms with Gasteiger partial charge in [0.05, 0.1) is 10.6 Å². The molecule has 13 heavy (non-hydrogen) atoms. The first-order valence-electron chi connectivity index (χ1n) is 3.90. The molecule has 1 aliphatic rings. The smallest absolute Gasteiger partial charge is 0.147 e. The van der Waals surface area contributed by atoms with Crippen LogP contribution < -0.4 is 0 Å². The van der Waals surface area contributed by atoms with E-state index < -0.39 is 11.4 Å². The van der Waals surface area contributed by atoms with Crippen molar-refractivity contribution in [3.63, 3.8) is 0 Å². The average molecular weight is 221 g/mol. The van der Waals surface area contributed by atoms with Crippen LogP contribution in [0.2, 0.25) is 10.0 Å². The van der Waals surface area contributed by atoms with Crippen LogP contribution in [0.3, 0.4) is 0 Å². The lowest BCUT2D eigenvalue weighted by atomic mass is 10.1. The second kappa shape index (κ2) is 2.84. The minimum Gasteiger partial charge on any atom is -0.385 e. The summed E-state index contributed by atoms with van der Waals surface area (Å²) in [5, 5.41) is 9.98. The van der Waals surface area contributed by atoms with Gasteiger partial charge in [-0.15, -0.1) is 0 Å². The molecule has 0 bridgehead atoms. The van der Waals surface area contributed by atoms with Gasteiger partial charge >= 0.3 is 0 Å². The van der Waals surface area contributed by atoms with Gasteiger partial charge in [0.15, 0.2) is 0 Å². The summed E-state index contributed by atoms with van der Waals surface area (Å²) in [4.78, 5) is 0. The second-order valence-corrected chi connectivity index (χ2v) is 4.12. The summed E-state index contributed by atoms with van der Waals surface area (Å²) in [5.74, 6) is -0.564. The molecular weight excluding hydrogens is 214 g/mol. The highest BCUT2D eigenvalue weighted by Gasteiger charge is 2.44. The Morgan fingerprint density at radius 3 is 2.46 bits per heavy atom. The van der Waals surface area contributed by atoms with Crippen molar-refractivity contribution < 1.29 is 9.50 Å². The molecule has 0 saturated heterocycles. The number of hydrogen-bond donors (Lipinski definition) is 1. The highest BCUT2D eigenvalue weighted by Crippen LogP contribution is 2.47. The minimum absolute atomic E-state index is 0.0391. The maximum absolute atomic E-state index is 13.4. The fourth-order valence-corrected chi connectivity index (χ4v) is 1.78. The van der Waals surface area contributed by atoms with Gasteiger partial charge in [-0.05, 0) is 25.0 Å². The minimum atomic E-state index is -1.03. The van der Waals surface area contributed by atoms with E-state index in [1.54, 1.807) is 0 Å². The molecule has 70 valence electrons. The van der Waals surface area contributed by atoms with Crippen LogP contribution in [0.15, 0.2) is 12.1 Å². The first kappa shape index (κ1) is 9.25. The molecular formula is C9H7Cl2FO. The fraction of sp³-hybridized carbons (Fsp3) is 0.333. The van der Waals surface area contributed by atoms with Crippen LogP contribution in [-0.2, 0) is 5.60 Å². The zero-order chi connectivity index (χ0) is 9.64. The van der Waals surface area contributed by atoms with Gasteiger partial charge in [0.2, 0.25) is 0 Å². The third-order valence-corrected chi connectivity index (χ3v) is 2.71. The molecule has 0 amide bonds. The lowest BCUT2D eigenvalue weighted by molar-refractivity contribution is 0.147. The maximum atomic E-state index is 13.4. The molecule has 0 spiro atoms. The Balaban J connectivity index is 2.56. The van der Waals surface area contributed by atoms with Crippen LogP contribution in [0, 0.1) is 5.82 Å². The summed E-state index contributed by atoms with van der Waals surface area (Å²) in [6, 6.07) is 2.75. The van der Waals surface area contributed by atoms with E-state index in [1.807, 2.05) is 0 Å². The lowest BCUT2D eigenvalue weighted by Gasteiger charge is -2.10. The monoisotopic (exact) mass is 220 g/mol. The first-order valence-corrected chi connectivity index (χ1v) is 4.66. The standard InChI is InChI=1S/C9H7Cl2FO/c10-5-3-6(9(13)1-2-9)8(12)7(11)4-5/h3-4,13H,1-2H2. The average Bonchev–Trinajstić information content (AvgIpc) is 2.77. The molecule has 0 heterocycles. The molecule has 0 aromatic heterocycles. The van der Waals surface area contributed by atoms with Crippen molar-refractivity contribution in [1.82, 2.24) is 0 Å². The zero-order valence-electron chi connectivity index (χ0n) is 6.65. The maximum Gasteiger partial charge on any atom is 0.147 e. The van der Waals surface area contributed by atoms with Crippen LogP contribution >= 0.6 is 23.2 Å². The third kappa shape index (κ3) is 1.54. The van der Waals surface area contributed by atoms with Crippen molar-refractivity contribution in [3.8, 4) is 0 Å². The van der Waals surface area contributed by atoms with Crippen molar-refractivity contribution in [3.05, 3.63) is 33.6 Å². The van der Waals surface area contributed by atoms with Crippen molar-refractivity contribution in [2.75, 3.05) is 0 Å². The van der Waals surface area contributed by atoms with Gasteiger partial charge in [-0.1, -0.05) is 23.2 Å². The quantitative estimate of drug-likeness (QED) is 0.722. The Hall–Kier alpha value is -0.310. The number of hydrogen-bond acceptors (Lipinski definition) is 1. The van der Waals surface area contributed by atoms with E-state index in [4.69, 9.17) is 23.2 Å². The summed E-state index contributed by atoms with van der Waals surface area (Å²) in [6.45, 7) is 0.